The van der Waals surface area contributed by atoms with Gasteiger partial charge in [0.15, 0.2) is 0 Å². The minimum absolute atomic E-state index is 0.0340. The van der Waals surface area contributed by atoms with E-state index in [1.165, 1.54) is 12.1 Å². The number of halogens is 1. The second kappa shape index (κ2) is 6.85. The van der Waals surface area contributed by atoms with Gasteiger partial charge in [-0.2, -0.15) is 0 Å². The SMILES string of the molecule is CC(C)(C)OC(=O)Nc1cc(OC(=O)OC(C)(C)C)ccc1F. The summed E-state index contributed by atoms with van der Waals surface area (Å²) in [6.07, 6.45) is -1.74. The molecule has 0 unspecified atom stereocenters. The summed E-state index contributed by atoms with van der Waals surface area (Å²) in [6, 6.07) is 3.48. The fraction of sp³-hybridized carbons (Fsp3) is 0.500. The lowest BCUT2D eigenvalue weighted by Crippen LogP contribution is -2.27. The first-order chi connectivity index (χ1) is 10.4. The molecule has 0 spiro atoms. The summed E-state index contributed by atoms with van der Waals surface area (Å²) < 4.78 is 28.7. The van der Waals surface area contributed by atoms with E-state index < -0.39 is 29.3 Å². The second-order valence-corrected chi connectivity index (χ2v) is 6.84. The fourth-order valence-electron chi connectivity index (χ4n) is 1.44. The van der Waals surface area contributed by atoms with Crippen LogP contribution in [0.25, 0.3) is 0 Å². The van der Waals surface area contributed by atoms with Crippen molar-refractivity contribution in [3.05, 3.63) is 24.0 Å². The lowest BCUT2D eigenvalue weighted by atomic mass is 10.2. The summed E-state index contributed by atoms with van der Waals surface area (Å²) in [5.74, 6) is -0.654. The van der Waals surface area contributed by atoms with Crippen molar-refractivity contribution >= 4 is 17.9 Å². The molecule has 0 heterocycles. The van der Waals surface area contributed by atoms with E-state index in [-0.39, 0.29) is 11.4 Å². The number of carbonyl (C=O) groups excluding carboxylic acids is 2. The summed E-state index contributed by atoms with van der Waals surface area (Å²) in [5, 5.41) is 2.26. The maximum absolute atomic E-state index is 13.7. The van der Waals surface area contributed by atoms with Crippen LogP contribution >= 0.6 is 0 Å². The topological polar surface area (TPSA) is 73.9 Å². The maximum atomic E-state index is 13.7. The molecule has 0 saturated carbocycles. The molecule has 1 rings (SSSR count). The Morgan fingerprint density at radius 2 is 1.57 bits per heavy atom. The number of ether oxygens (including phenoxy) is 3. The highest BCUT2D eigenvalue weighted by atomic mass is 19.1. The molecule has 0 aromatic heterocycles. The third-order valence-corrected chi connectivity index (χ3v) is 2.16. The predicted molar refractivity (Wildman–Crippen MR) is 83.1 cm³/mol. The number of amides is 1. The van der Waals surface area contributed by atoms with Crippen LogP contribution in [-0.2, 0) is 9.47 Å². The van der Waals surface area contributed by atoms with Crippen molar-refractivity contribution < 1.29 is 28.2 Å². The molecule has 0 aliphatic heterocycles. The van der Waals surface area contributed by atoms with Crippen molar-refractivity contribution in [3.63, 3.8) is 0 Å². The molecule has 128 valence electrons. The van der Waals surface area contributed by atoms with Crippen LogP contribution in [0, 0.1) is 5.82 Å². The fourth-order valence-corrected chi connectivity index (χ4v) is 1.44. The number of benzene rings is 1. The van der Waals surface area contributed by atoms with Gasteiger partial charge in [0.25, 0.3) is 0 Å². The van der Waals surface area contributed by atoms with E-state index in [0.717, 1.165) is 6.07 Å². The summed E-state index contributed by atoms with van der Waals surface area (Å²) >= 11 is 0. The van der Waals surface area contributed by atoms with Gasteiger partial charge in [0.05, 0.1) is 5.69 Å². The number of carbonyl (C=O) groups is 2. The Labute approximate surface area is 134 Å². The van der Waals surface area contributed by atoms with E-state index in [9.17, 15) is 14.0 Å². The molecule has 0 radical (unpaired) electrons. The van der Waals surface area contributed by atoms with Crippen molar-refractivity contribution in [1.29, 1.82) is 0 Å². The third-order valence-electron chi connectivity index (χ3n) is 2.16. The molecular formula is C16H22FNO5. The van der Waals surface area contributed by atoms with Crippen LogP contribution in [-0.4, -0.2) is 23.5 Å². The Morgan fingerprint density at radius 1 is 1.00 bits per heavy atom. The summed E-state index contributed by atoms with van der Waals surface area (Å²) in [5.41, 5.74) is -1.60. The van der Waals surface area contributed by atoms with Crippen molar-refractivity contribution in [2.24, 2.45) is 0 Å². The molecule has 6 nitrogen and oxygen atoms in total. The Bertz CT molecular complexity index is 587. The molecule has 1 N–H and O–H groups in total. The molecule has 0 bridgehead atoms. The van der Waals surface area contributed by atoms with Crippen molar-refractivity contribution in [2.45, 2.75) is 52.7 Å². The minimum Gasteiger partial charge on any atom is -0.444 e. The van der Waals surface area contributed by atoms with Gasteiger partial charge in [-0.3, -0.25) is 5.32 Å². The van der Waals surface area contributed by atoms with Crippen LogP contribution in [0.15, 0.2) is 18.2 Å². The number of hydrogen-bond donors (Lipinski definition) is 1. The first-order valence-electron chi connectivity index (χ1n) is 7.06. The van der Waals surface area contributed by atoms with Crippen molar-refractivity contribution in [3.8, 4) is 5.75 Å². The standard InChI is InChI=1S/C16H22FNO5/c1-15(2,3)22-13(19)18-12-9-10(7-8-11(12)17)21-14(20)23-16(4,5)6/h7-9H,1-6H3,(H,18,19). The Hall–Kier alpha value is -2.31. The summed E-state index contributed by atoms with van der Waals surface area (Å²) in [4.78, 5) is 23.3. The van der Waals surface area contributed by atoms with Crippen LogP contribution in [0.1, 0.15) is 41.5 Å². The van der Waals surface area contributed by atoms with E-state index >= 15 is 0 Å². The molecule has 1 aromatic rings. The number of hydrogen-bond acceptors (Lipinski definition) is 5. The first-order valence-corrected chi connectivity index (χ1v) is 7.06. The van der Waals surface area contributed by atoms with Gasteiger partial charge in [0, 0.05) is 6.07 Å². The smallest absolute Gasteiger partial charge is 0.444 e. The van der Waals surface area contributed by atoms with Crippen LogP contribution in [0.3, 0.4) is 0 Å². The molecule has 1 amide bonds. The molecule has 7 heteroatoms. The van der Waals surface area contributed by atoms with E-state index in [0.29, 0.717) is 0 Å². The predicted octanol–water partition coefficient (Wildman–Crippen LogP) is 4.49. The number of nitrogens with one attached hydrogen (secondary N) is 1. The third kappa shape index (κ3) is 7.49. The van der Waals surface area contributed by atoms with Gasteiger partial charge in [-0.05, 0) is 53.7 Å². The van der Waals surface area contributed by atoms with E-state index in [1.807, 2.05) is 0 Å². The molecule has 23 heavy (non-hydrogen) atoms. The van der Waals surface area contributed by atoms with Crippen molar-refractivity contribution in [1.82, 2.24) is 0 Å². The molecular weight excluding hydrogens is 305 g/mol. The zero-order chi connectivity index (χ0) is 17.8. The zero-order valence-electron chi connectivity index (χ0n) is 14.2. The lowest BCUT2D eigenvalue weighted by Gasteiger charge is -2.20. The Kier molecular flexibility index (Phi) is 5.58. The summed E-state index contributed by atoms with van der Waals surface area (Å²) in [6.45, 7) is 10.1. The molecule has 0 aliphatic rings. The van der Waals surface area contributed by atoms with Crippen LogP contribution < -0.4 is 10.1 Å². The highest BCUT2D eigenvalue weighted by molar-refractivity contribution is 5.85. The molecule has 0 aliphatic carbocycles. The molecule has 0 fully saturated rings. The highest BCUT2D eigenvalue weighted by Gasteiger charge is 2.20. The zero-order valence-corrected chi connectivity index (χ0v) is 14.2. The Morgan fingerprint density at radius 3 is 2.09 bits per heavy atom. The average molecular weight is 327 g/mol. The minimum atomic E-state index is -0.924. The molecule has 0 saturated heterocycles. The first kappa shape index (κ1) is 18.7. The Balaban J connectivity index is 2.79. The quantitative estimate of drug-likeness (QED) is 0.640. The van der Waals surface area contributed by atoms with Gasteiger partial charge >= 0.3 is 12.2 Å². The monoisotopic (exact) mass is 327 g/mol. The highest BCUT2D eigenvalue weighted by Crippen LogP contribution is 2.23. The number of rotatable bonds is 2. The molecule has 1 aromatic carbocycles. The van der Waals surface area contributed by atoms with Gasteiger partial charge < -0.3 is 14.2 Å². The van der Waals surface area contributed by atoms with E-state index in [1.54, 1.807) is 41.5 Å². The molecule has 0 atom stereocenters. The van der Waals surface area contributed by atoms with Gasteiger partial charge in [-0.1, -0.05) is 0 Å². The van der Waals surface area contributed by atoms with Crippen molar-refractivity contribution in [2.75, 3.05) is 5.32 Å². The normalized spacial score (nSPS) is 11.6. The second-order valence-electron chi connectivity index (χ2n) is 6.84. The van der Waals surface area contributed by atoms with Gasteiger partial charge in [0.1, 0.15) is 22.8 Å². The average Bonchev–Trinajstić information content (AvgIpc) is 2.28. The van der Waals surface area contributed by atoms with Gasteiger partial charge in [0.2, 0.25) is 0 Å². The van der Waals surface area contributed by atoms with Gasteiger partial charge in [-0.25, -0.2) is 14.0 Å². The lowest BCUT2D eigenvalue weighted by molar-refractivity contribution is 0.0206. The van der Waals surface area contributed by atoms with Crippen LogP contribution in [0.5, 0.6) is 5.75 Å². The van der Waals surface area contributed by atoms with E-state index in [2.05, 4.69) is 5.32 Å². The number of anilines is 1. The largest absolute Gasteiger partial charge is 0.514 e. The summed E-state index contributed by atoms with van der Waals surface area (Å²) in [7, 11) is 0. The van der Waals surface area contributed by atoms with Gasteiger partial charge in [-0.15, -0.1) is 0 Å². The van der Waals surface area contributed by atoms with E-state index in [4.69, 9.17) is 14.2 Å². The van der Waals surface area contributed by atoms with Crippen LogP contribution in [0.2, 0.25) is 0 Å². The maximum Gasteiger partial charge on any atom is 0.514 e. The van der Waals surface area contributed by atoms with Crippen LogP contribution in [0.4, 0.5) is 19.7 Å².